The van der Waals surface area contributed by atoms with Crippen molar-refractivity contribution >= 4 is 46.1 Å². The maximum absolute atomic E-state index is 11.0. The number of benzene rings is 2. The van der Waals surface area contributed by atoms with Crippen LogP contribution >= 0.6 is 35.6 Å². The largest absolute Gasteiger partial charge is 0.276 e. The molecule has 2 rings (SSSR count). The minimum atomic E-state index is -0.407. The van der Waals surface area contributed by atoms with E-state index < -0.39 is 5.24 Å². The van der Waals surface area contributed by atoms with Crippen molar-refractivity contribution in [3.63, 3.8) is 0 Å². The van der Waals surface area contributed by atoms with Crippen molar-refractivity contribution in [2.24, 2.45) is 5.84 Å². The van der Waals surface area contributed by atoms with Crippen LogP contribution in [0.15, 0.2) is 42.5 Å². The van der Waals surface area contributed by atoms with E-state index in [-0.39, 0.29) is 23.2 Å². The van der Waals surface area contributed by atoms with Gasteiger partial charge >= 0.3 is 0 Å². The van der Waals surface area contributed by atoms with Gasteiger partial charge in [-0.25, -0.2) is 0 Å². The van der Waals surface area contributed by atoms with Gasteiger partial charge in [-0.2, -0.15) is 0 Å². The van der Waals surface area contributed by atoms with Gasteiger partial charge in [0.05, 0.1) is 0 Å². The summed E-state index contributed by atoms with van der Waals surface area (Å²) in [6.07, 6.45) is 0.990. The van der Waals surface area contributed by atoms with Crippen LogP contribution in [0.4, 0.5) is 0 Å². The third kappa shape index (κ3) is 12.0. The van der Waals surface area contributed by atoms with E-state index in [0.717, 1.165) is 12.0 Å². The summed E-state index contributed by atoms with van der Waals surface area (Å²) >= 11 is 10.6. The zero-order valence-electron chi connectivity index (χ0n) is 17.8. The Bertz CT molecular complexity index is 774. The highest BCUT2D eigenvalue weighted by Gasteiger charge is 2.09. The fraction of sp³-hybridized carbons (Fsp3) is 0.364. The van der Waals surface area contributed by atoms with Crippen LogP contribution in [0, 0.1) is 13.8 Å². The third-order valence-electron chi connectivity index (χ3n) is 3.93. The van der Waals surface area contributed by atoms with Crippen molar-refractivity contribution in [1.29, 1.82) is 0 Å². The molecule has 0 aromatic heterocycles. The van der Waals surface area contributed by atoms with E-state index in [9.17, 15) is 9.59 Å². The maximum atomic E-state index is 11.0. The first-order chi connectivity index (χ1) is 12.9. The lowest BCUT2D eigenvalue weighted by Gasteiger charge is -2.14. The second-order valence-electron chi connectivity index (χ2n) is 7.18. The molecule has 0 fully saturated rings. The Kier molecular flexibility index (Phi) is 14.9. The predicted molar refractivity (Wildman–Crippen MR) is 126 cm³/mol. The number of aryl methyl sites for hydroxylation is 1. The summed E-state index contributed by atoms with van der Waals surface area (Å²) in [7, 11) is 0. The van der Waals surface area contributed by atoms with Crippen molar-refractivity contribution in [2.75, 3.05) is 0 Å². The quantitative estimate of drug-likeness (QED) is 0.335. The fourth-order valence-electron chi connectivity index (χ4n) is 2.04. The molecule has 7 heteroatoms. The van der Waals surface area contributed by atoms with E-state index in [2.05, 4.69) is 12.3 Å². The molecule has 0 aliphatic rings. The van der Waals surface area contributed by atoms with Crippen LogP contribution in [0.25, 0.3) is 0 Å². The van der Waals surface area contributed by atoms with E-state index in [1.807, 2.05) is 46.8 Å². The molecule has 0 heterocycles. The van der Waals surface area contributed by atoms with Crippen molar-refractivity contribution in [3.05, 3.63) is 70.3 Å². The Morgan fingerprint density at radius 1 is 0.931 bits per heavy atom. The highest BCUT2D eigenvalue weighted by atomic mass is 35.5. The highest BCUT2D eigenvalue weighted by Crippen LogP contribution is 2.19. The lowest BCUT2D eigenvalue weighted by atomic mass is 9.97. The Morgan fingerprint density at radius 2 is 1.41 bits per heavy atom. The maximum Gasteiger partial charge on any atom is 0.252 e. The number of hydrogen-bond acceptors (Lipinski definition) is 4. The Morgan fingerprint density at radius 3 is 1.72 bits per heavy atom. The first-order valence-corrected chi connectivity index (χ1v) is 9.71. The molecule has 0 radical (unpaired) electrons. The monoisotopic (exact) mass is 460 g/mol. The summed E-state index contributed by atoms with van der Waals surface area (Å²) in [5.74, 6) is 5.06. The van der Waals surface area contributed by atoms with E-state index in [0.29, 0.717) is 11.1 Å². The van der Waals surface area contributed by atoms with Gasteiger partial charge in [0.1, 0.15) is 0 Å². The zero-order valence-corrected chi connectivity index (χ0v) is 20.1. The smallest absolute Gasteiger partial charge is 0.252 e. The summed E-state index contributed by atoms with van der Waals surface area (Å²) in [5, 5.41) is -0.779. The number of hydrogen-bond donors (Lipinski definition) is 2. The first kappa shape index (κ1) is 29.8. The van der Waals surface area contributed by atoms with Gasteiger partial charge in [-0.15, -0.1) is 12.4 Å². The lowest BCUT2D eigenvalue weighted by molar-refractivity contribution is 0.107. The Balaban J connectivity index is 0. The molecule has 2 aromatic carbocycles. The van der Waals surface area contributed by atoms with Gasteiger partial charge in [0.15, 0.2) is 0 Å². The predicted octanol–water partition coefficient (Wildman–Crippen LogP) is 5.98. The standard InChI is InChI=1S/C11H13ClO.C7H5ClO.C4H12N2.ClH/c1-4-9-5-6-10(11(12)13)8(3)7(9)2;8-7(9)6-4-2-1-3-5-6;1-4(2,3)6-5;/h5-6H,4H2,1-3H3;1-5H;6H,5H2,1-3H3;1H. The molecule has 0 spiro atoms. The van der Waals surface area contributed by atoms with Gasteiger partial charge in [-0.1, -0.05) is 43.3 Å². The first-order valence-electron chi connectivity index (χ1n) is 8.96. The minimum absolute atomic E-state index is 0. The van der Waals surface area contributed by atoms with Gasteiger partial charge in [-0.3, -0.25) is 20.9 Å². The number of nitrogens with one attached hydrogen (secondary N) is 1. The van der Waals surface area contributed by atoms with E-state index in [1.165, 1.54) is 11.1 Å². The molecular formula is C22H31Cl3N2O2. The number of carbonyl (C=O) groups excluding carboxylic acids is 2. The van der Waals surface area contributed by atoms with Crippen LogP contribution in [-0.4, -0.2) is 16.0 Å². The van der Waals surface area contributed by atoms with Crippen LogP contribution in [-0.2, 0) is 6.42 Å². The molecule has 162 valence electrons. The second-order valence-corrected chi connectivity index (χ2v) is 7.87. The molecule has 2 aromatic rings. The molecule has 0 atom stereocenters. The van der Waals surface area contributed by atoms with Crippen LogP contribution in [0.3, 0.4) is 0 Å². The SMILES string of the molecule is CC(C)(C)NN.CCc1ccc(C(=O)Cl)c(C)c1C.Cl.O=C(Cl)c1ccccc1. The summed E-state index contributed by atoms with van der Waals surface area (Å²) in [6, 6.07) is 12.5. The average molecular weight is 462 g/mol. The Labute approximate surface area is 190 Å². The van der Waals surface area contributed by atoms with Gasteiger partial charge in [0.2, 0.25) is 0 Å². The van der Waals surface area contributed by atoms with Gasteiger partial charge in [-0.05, 0) is 87.0 Å². The fourth-order valence-corrected chi connectivity index (χ4v) is 2.37. The molecular weight excluding hydrogens is 431 g/mol. The van der Waals surface area contributed by atoms with Crippen LogP contribution in [0.1, 0.15) is 65.1 Å². The summed E-state index contributed by atoms with van der Waals surface area (Å²) < 4.78 is 0. The molecule has 0 amide bonds. The molecule has 0 bridgehead atoms. The molecule has 4 nitrogen and oxygen atoms in total. The summed E-state index contributed by atoms with van der Waals surface area (Å²) in [5.41, 5.74) is 7.29. The van der Waals surface area contributed by atoms with Gasteiger partial charge in [0.25, 0.3) is 10.5 Å². The van der Waals surface area contributed by atoms with Gasteiger partial charge in [0, 0.05) is 16.7 Å². The van der Waals surface area contributed by atoms with Crippen LogP contribution < -0.4 is 11.3 Å². The number of rotatable bonds is 3. The molecule has 0 saturated carbocycles. The van der Waals surface area contributed by atoms with Gasteiger partial charge < -0.3 is 0 Å². The van der Waals surface area contributed by atoms with Crippen LogP contribution in [0.5, 0.6) is 0 Å². The second kappa shape index (κ2) is 14.5. The number of carbonyl (C=O) groups is 2. The molecule has 0 saturated heterocycles. The number of halogens is 3. The number of hydrazine groups is 1. The molecule has 0 aliphatic heterocycles. The molecule has 0 unspecified atom stereocenters. The number of nitrogens with two attached hydrogens (primary N) is 1. The van der Waals surface area contributed by atoms with Crippen molar-refractivity contribution in [3.8, 4) is 0 Å². The highest BCUT2D eigenvalue weighted by molar-refractivity contribution is 6.68. The van der Waals surface area contributed by atoms with Crippen molar-refractivity contribution in [1.82, 2.24) is 5.43 Å². The molecule has 3 N–H and O–H groups in total. The zero-order chi connectivity index (χ0) is 21.9. The topological polar surface area (TPSA) is 72.2 Å². The van der Waals surface area contributed by atoms with Crippen LogP contribution in [0.2, 0.25) is 0 Å². The van der Waals surface area contributed by atoms with E-state index in [1.54, 1.807) is 30.3 Å². The summed E-state index contributed by atoms with van der Waals surface area (Å²) in [4.78, 5) is 21.4. The lowest BCUT2D eigenvalue weighted by Crippen LogP contribution is -2.41. The normalized spacial score (nSPS) is 9.83. The third-order valence-corrected chi connectivity index (χ3v) is 4.35. The molecule has 0 aliphatic carbocycles. The van der Waals surface area contributed by atoms with Crippen molar-refractivity contribution < 1.29 is 9.59 Å². The minimum Gasteiger partial charge on any atom is -0.276 e. The average Bonchev–Trinajstić information content (AvgIpc) is 2.64. The van der Waals surface area contributed by atoms with E-state index in [4.69, 9.17) is 29.0 Å². The molecule has 29 heavy (non-hydrogen) atoms. The summed E-state index contributed by atoms with van der Waals surface area (Å²) in [6.45, 7) is 12.1. The van der Waals surface area contributed by atoms with Crippen molar-refractivity contribution in [2.45, 2.75) is 53.5 Å². The van der Waals surface area contributed by atoms with E-state index >= 15 is 0 Å². The Hall–Kier alpha value is -1.43.